The summed E-state index contributed by atoms with van der Waals surface area (Å²) in [6.45, 7) is 4.30. The highest BCUT2D eigenvalue weighted by Gasteiger charge is 2.30. The molecule has 1 aliphatic heterocycles. The lowest BCUT2D eigenvalue weighted by atomic mass is 10.0. The summed E-state index contributed by atoms with van der Waals surface area (Å²) < 4.78 is 28.6. The minimum absolute atomic E-state index is 0. The molecule has 0 saturated carbocycles. The third kappa shape index (κ3) is 4.72. The molecule has 1 aliphatic rings. The van der Waals surface area contributed by atoms with E-state index in [1.165, 1.54) is 16.6 Å². The normalized spacial score (nSPS) is 18.9. The van der Waals surface area contributed by atoms with Crippen LogP contribution in [0.5, 0.6) is 0 Å². The lowest BCUT2D eigenvalue weighted by Gasteiger charge is -2.29. The number of sulfonamides is 1. The number of nitrogens with one attached hydrogen (secondary N) is 2. The molecular weight excluding hydrogens is 352 g/mol. The third-order valence-corrected chi connectivity index (χ3v) is 5.96. The molecule has 1 aromatic heterocycles. The van der Waals surface area contributed by atoms with Crippen LogP contribution in [-0.2, 0) is 17.1 Å². The average Bonchev–Trinajstić information content (AvgIpc) is 2.90. The molecule has 24 heavy (non-hydrogen) atoms. The molecule has 1 unspecified atom stereocenters. The molecule has 1 saturated heterocycles. The summed E-state index contributed by atoms with van der Waals surface area (Å²) in [6.07, 6.45) is 3.45. The number of aryl methyl sites for hydroxylation is 1. The van der Waals surface area contributed by atoms with Gasteiger partial charge in [-0.15, -0.1) is 12.4 Å². The fourth-order valence-electron chi connectivity index (χ4n) is 2.81. The minimum Gasteiger partial charge on any atom is -0.349 e. The zero-order chi connectivity index (χ0) is 17.0. The Balaban J connectivity index is 0.00000288. The highest BCUT2D eigenvalue weighted by molar-refractivity contribution is 7.89. The van der Waals surface area contributed by atoms with Crippen LogP contribution in [0.1, 0.15) is 30.3 Å². The lowest BCUT2D eigenvalue weighted by Crippen LogP contribution is -2.38. The predicted molar refractivity (Wildman–Crippen MR) is 96.1 cm³/mol. The second-order valence-electron chi connectivity index (χ2n) is 6.14. The minimum atomic E-state index is -3.54. The van der Waals surface area contributed by atoms with Gasteiger partial charge in [-0.25, -0.2) is 8.42 Å². The summed E-state index contributed by atoms with van der Waals surface area (Å²) in [4.78, 5) is 12.3. The Bertz CT molecular complexity index is 660. The summed E-state index contributed by atoms with van der Waals surface area (Å²) in [5.74, 6) is 0.0998. The molecule has 138 valence electrons. The van der Waals surface area contributed by atoms with Gasteiger partial charge in [0, 0.05) is 39.4 Å². The van der Waals surface area contributed by atoms with Gasteiger partial charge in [0.2, 0.25) is 10.0 Å². The molecule has 9 heteroatoms. The standard InChI is InChI=1S/C15H26N4O3S.ClH/c1-12-5-4-8-19(10-12)23(21,22)13-9-14(18(3)11-13)15(20)17-7-6-16-2;/h9,11-12,16H,4-8,10H2,1-3H3,(H,17,20);1H. The Labute approximate surface area is 150 Å². The molecule has 1 amide bonds. The van der Waals surface area contributed by atoms with E-state index in [2.05, 4.69) is 17.6 Å². The van der Waals surface area contributed by atoms with Crippen LogP contribution in [0.3, 0.4) is 0 Å². The summed E-state index contributed by atoms with van der Waals surface area (Å²) in [6, 6.07) is 1.46. The van der Waals surface area contributed by atoms with Gasteiger partial charge in [0.25, 0.3) is 5.91 Å². The van der Waals surface area contributed by atoms with Gasteiger partial charge in [-0.1, -0.05) is 6.92 Å². The van der Waals surface area contributed by atoms with Gasteiger partial charge in [0.05, 0.1) is 0 Å². The number of carbonyl (C=O) groups excluding carboxylic acids is 1. The van der Waals surface area contributed by atoms with Crippen molar-refractivity contribution in [3.05, 3.63) is 18.0 Å². The molecule has 1 atom stereocenters. The van der Waals surface area contributed by atoms with Gasteiger partial charge in [-0.05, 0) is 31.9 Å². The van der Waals surface area contributed by atoms with Crippen molar-refractivity contribution in [2.45, 2.75) is 24.7 Å². The first-order valence-corrected chi connectivity index (χ1v) is 9.39. The maximum absolute atomic E-state index is 12.8. The number of piperidine rings is 1. The van der Waals surface area contributed by atoms with E-state index in [0.29, 0.717) is 37.8 Å². The molecule has 2 rings (SSSR count). The molecule has 2 heterocycles. The Morgan fingerprint density at radius 1 is 1.38 bits per heavy atom. The Morgan fingerprint density at radius 3 is 2.71 bits per heavy atom. The van der Waals surface area contributed by atoms with E-state index in [1.54, 1.807) is 18.7 Å². The Morgan fingerprint density at radius 2 is 2.08 bits per heavy atom. The van der Waals surface area contributed by atoms with E-state index < -0.39 is 10.0 Å². The van der Waals surface area contributed by atoms with Gasteiger partial charge in [0.15, 0.2) is 0 Å². The van der Waals surface area contributed by atoms with Crippen LogP contribution in [-0.4, -0.2) is 56.4 Å². The molecule has 0 spiro atoms. The molecule has 2 N–H and O–H groups in total. The van der Waals surface area contributed by atoms with Crippen LogP contribution < -0.4 is 10.6 Å². The lowest BCUT2D eigenvalue weighted by molar-refractivity contribution is 0.0946. The summed E-state index contributed by atoms with van der Waals surface area (Å²) >= 11 is 0. The number of amides is 1. The van der Waals surface area contributed by atoms with E-state index in [-0.39, 0.29) is 23.2 Å². The van der Waals surface area contributed by atoms with Gasteiger partial charge in [-0.2, -0.15) is 4.31 Å². The van der Waals surface area contributed by atoms with Crippen molar-refractivity contribution in [1.29, 1.82) is 0 Å². The van der Waals surface area contributed by atoms with E-state index in [0.717, 1.165) is 12.8 Å². The van der Waals surface area contributed by atoms with E-state index in [4.69, 9.17) is 0 Å². The third-order valence-electron chi connectivity index (χ3n) is 4.13. The second kappa shape index (κ2) is 8.84. The smallest absolute Gasteiger partial charge is 0.267 e. The van der Waals surface area contributed by atoms with Crippen molar-refractivity contribution >= 4 is 28.3 Å². The van der Waals surface area contributed by atoms with E-state index in [9.17, 15) is 13.2 Å². The monoisotopic (exact) mass is 378 g/mol. The zero-order valence-electron chi connectivity index (χ0n) is 14.4. The molecule has 1 fully saturated rings. The molecule has 0 aliphatic carbocycles. The summed E-state index contributed by atoms with van der Waals surface area (Å²) in [5, 5.41) is 5.70. The Hall–Kier alpha value is -1.09. The number of hydrogen-bond donors (Lipinski definition) is 2. The molecule has 1 aromatic rings. The predicted octanol–water partition coefficient (Wildman–Crippen LogP) is 0.817. The SMILES string of the molecule is CNCCNC(=O)c1cc(S(=O)(=O)N2CCCC(C)C2)cn1C.Cl. The molecule has 7 nitrogen and oxygen atoms in total. The van der Waals surface area contributed by atoms with Crippen molar-refractivity contribution < 1.29 is 13.2 Å². The number of aromatic nitrogens is 1. The highest BCUT2D eigenvalue weighted by atomic mass is 35.5. The first kappa shape index (κ1) is 21.0. The molecule has 0 bridgehead atoms. The molecular formula is C15H27ClN4O3S. The van der Waals surface area contributed by atoms with Crippen LogP contribution in [0.4, 0.5) is 0 Å². The fraction of sp³-hybridized carbons (Fsp3) is 0.667. The van der Waals surface area contributed by atoms with E-state index >= 15 is 0 Å². The first-order chi connectivity index (χ1) is 10.9. The number of nitrogens with zero attached hydrogens (tertiary/aromatic N) is 2. The van der Waals surface area contributed by atoms with Crippen molar-refractivity contribution in [3.63, 3.8) is 0 Å². The number of rotatable bonds is 6. The molecule has 0 aromatic carbocycles. The summed E-state index contributed by atoms with van der Waals surface area (Å²) in [7, 11) is -0.0453. The summed E-state index contributed by atoms with van der Waals surface area (Å²) in [5.41, 5.74) is 0.352. The number of hydrogen-bond acceptors (Lipinski definition) is 4. The largest absolute Gasteiger partial charge is 0.349 e. The number of halogens is 1. The van der Waals surface area contributed by atoms with Gasteiger partial charge in [-0.3, -0.25) is 4.79 Å². The quantitative estimate of drug-likeness (QED) is 0.718. The second-order valence-corrected chi connectivity index (χ2v) is 8.08. The van der Waals surface area contributed by atoms with Crippen LogP contribution in [0.25, 0.3) is 0 Å². The Kier molecular flexibility index (Phi) is 7.72. The maximum Gasteiger partial charge on any atom is 0.267 e. The van der Waals surface area contributed by atoms with Gasteiger partial charge >= 0.3 is 0 Å². The van der Waals surface area contributed by atoms with Crippen molar-refractivity contribution in [2.24, 2.45) is 13.0 Å². The topological polar surface area (TPSA) is 83.4 Å². The van der Waals surface area contributed by atoms with Crippen molar-refractivity contribution in [2.75, 3.05) is 33.2 Å². The van der Waals surface area contributed by atoms with Crippen molar-refractivity contribution in [3.8, 4) is 0 Å². The fourth-order valence-corrected chi connectivity index (χ4v) is 4.48. The van der Waals surface area contributed by atoms with Crippen LogP contribution in [0.2, 0.25) is 0 Å². The van der Waals surface area contributed by atoms with Crippen LogP contribution >= 0.6 is 12.4 Å². The van der Waals surface area contributed by atoms with Gasteiger partial charge in [0.1, 0.15) is 10.6 Å². The van der Waals surface area contributed by atoms with E-state index in [1.807, 2.05) is 0 Å². The van der Waals surface area contributed by atoms with Crippen molar-refractivity contribution in [1.82, 2.24) is 19.5 Å². The number of likely N-dealkylation sites (N-methyl/N-ethyl adjacent to an activating group) is 1. The maximum atomic E-state index is 12.8. The van der Waals surface area contributed by atoms with Crippen LogP contribution in [0, 0.1) is 5.92 Å². The molecule has 0 radical (unpaired) electrons. The average molecular weight is 379 g/mol. The number of carbonyl (C=O) groups is 1. The highest BCUT2D eigenvalue weighted by Crippen LogP contribution is 2.24. The first-order valence-electron chi connectivity index (χ1n) is 7.95. The van der Waals surface area contributed by atoms with Crippen LogP contribution in [0.15, 0.2) is 17.2 Å². The zero-order valence-corrected chi connectivity index (χ0v) is 16.0. The van der Waals surface area contributed by atoms with Gasteiger partial charge < -0.3 is 15.2 Å².